The second-order valence-corrected chi connectivity index (χ2v) is 25.2. The molecule has 2 fully saturated rings. The van der Waals surface area contributed by atoms with Crippen LogP contribution in [0.3, 0.4) is 0 Å². The first-order valence-corrected chi connectivity index (χ1v) is 30.3. The summed E-state index contributed by atoms with van der Waals surface area (Å²) in [6.07, 6.45) is 1.15. The highest BCUT2D eigenvalue weighted by Crippen LogP contribution is 2.21. The summed E-state index contributed by atoms with van der Waals surface area (Å²) in [5.41, 5.74) is 0.601. The minimum Gasteiger partial charge on any atom is -0.391 e. The molecule has 10 amide bonds. The fourth-order valence-corrected chi connectivity index (χ4v) is 10.9. The van der Waals surface area contributed by atoms with Crippen LogP contribution in [0.15, 0.2) is 60.7 Å². The van der Waals surface area contributed by atoms with E-state index >= 15 is 0 Å². The zero-order valence-corrected chi connectivity index (χ0v) is 52.7. The summed E-state index contributed by atoms with van der Waals surface area (Å²) in [7, 11) is 7.02. The first-order chi connectivity index (χ1) is 39.4. The topological polar surface area (TPSA) is 268 Å². The highest BCUT2D eigenvalue weighted by molar-refractivity contribution is 8.00. The number of piperidine rings is 1. The van der Waals surface area contributed by atoms with Gasteiger partial charge in [-0.15, -0.1) is 11.8 Å². The van der Waals surface area contributed by atoms with Crippen LogP contribution in [0.2, 0.25) is 0 Å². The van der Waals surface area contributed by atoms with Gasteiger partial charge in [-0.05, 0) is 89.7 Å². The molecule has 84 heavy (non-hydrogen) atoms. The second-order valence-electron chi connectivity index (χ2n) is 24.2. The molecule has 2 aliphatic heterocycles. The number of hydrogen-bond donors (Lipinski definition) is 5. The Morgan fingerprint density at radius 3 is 1.67 bits per heavy atom. The van der Waals surface area contributed by atoms with Crippen LogP contribution in [0.1, 0.15) is 111 Å². The van der Waals surface area contributed by atoms with Crippen LogP contribution in [0.5, 0.6) is 0 Å². The van der Waals surface area contributed by atoms with Crippen molar-refractivity contribution in [2.24, 2.45) is 11.8 Å². The fraction of sp³-hybridized carbons (Fsp3) is 0.639. The molecule has 2 aromatic carbocycles. The SMILES string of the molecule is CC(C)C[C@H]1C(=O)N[C@@H](COC(C)(C)C)C(=O)N[C@H](C(=O)N2CCCCC2)CSCC(=O)N(C)[C@@H](Cc2ccccc2)C(=O)N(C)[C@@H](C)C(=O)N[C@@H](Cc2ccccc2)C(=O)N(C)[C@@H](CC(C)C)C(=O)N[C@@H]([C@@H](C)O)C(=O)N(C)CC(=O)N1C.[HH].[HH].[HH].[HH]. The predicted octanol–water partition coefficient (Wildman–Crippen LogP) is 3.23. The van der Waals surface area contributed by atoms with Crippen LogP contribution in [0.25, 0.3) is 0 Å². The maximum Gasteiger partial charge on any atom is 0.248 e. The third kappa shape index (κ3) is 20.9. The molecule has 2 aliphatic rings. The van der Waals surface area contributed by atoms with Gasteiger partial charge < -0.3 is 60.5 Å². The van der Waals surface area contributed by atoms with Gasteiger partial charge in [0.1, 0.15) is 48.3 Å². The van der Waals surface area contributed by atoms with E-state index in [1.165, 1.54) is 68.7 Å². The van der Waals surface area contributed by atoms with Crippen LogP contribution in [0, 0.1) is 11.8 Å². The molecule has 0 saturated carbocycles. The standard InChI is InChI=1S/C61H94N10O12S.4H2/c1-38(2)30-47-55(77)63-45(35-83-61(7,8)9)54(76)64-46(58(80)71-28-22-17-23-29-71)36-84-37-51(74)69(13)49(33-43-26-20-16-21-27-43)59(81)67(11)40(5)53(75)62-44(32-42-24-18-15-19-25-42)57(79)70(14)48(31-39(3)4)56(78)65-52(41(6)72)60(82)66(10)34-50(73)68(47)12;;;;/h15-16,18-21,24-27,38-41,44-49,52,72H,17,22-23,28-37H2,1-14H3,(H,62,75)(H,63,77)(H,64,76)(H,65,78);4*1H/t40-,41+,44-,45-,46-,47-,48-,49-,52-;;;;/m0..../s1. The summed E-state index contributed by atoms with van der Waals surface area (Å²) in [5, 5.41) is 22.2. The lowest BCUT2D eigenvalue weighted by Gasteiger charge is -2.36. The maximum absolute atomic E-state index is 14.9. The molecule has 2 heterocycles. The number of thioether (sulfide) groups is 1. The minimum absolute atomic E-state index is 0. The van der Waals surface area contributed by atoms with Crippen molar-refractivity contribution >= 4 is 70.8 Å². The molecule has 474 valence electrons. The average Bonchev–Trinajstić information content (AvgIpc) is 3.50. The number of hydrogen-bond acceptors (Lipinski definition) is 13. The Bertz CT molecular complexity index is 2580. The van der Waals surface area contributed by atoms with Crippen LogP contribution in [-0.4, -0.2) is 227 Å². The smallest absolute Gasteiger partial charge is 0.248 e. The highest BCUT2D eigenvalue weighted by Gasteiger charge is 2.41. The quantitative estimate of drug-likeness (QED) is 0.205. The molecule has 0 aliphatic carbocycles. The molecule has 23 heteroatoms. The third-order valence-corrected chi connectivity index (χ3v) is 16.2. The van der Waals surface area contributed by atoms with Gasteiger partial charge in [-0.1, -0.05) is 88.4 Å². The summed E-state index contributed by atoms with van der Waals surface area (Å²) in [6, 6.07) is 7.66. The summed E-state index contributed by atoms with van der Waals surface area (Å²) >= 11 is 1.07. The van der Waals surface area contributed by atoms with Crippen molar-refractivity contribution in [3.05, 3.63) is 71.8 Å². The normalized spacial score (nSPS) is 25.1. The zero-order chi connectivity index (χ0) is 62.7. The van der Waals surface area contributed by atoms with Crippen molar-refractivity contribution in [2.75, 3.05) is 73.0 Å². The van der Waals surface area contributed by atoms with E-state index < -0.39 is 120 Å². The Kier molecular flexibility index (Phi) is 27.1. The molecule has 2 saturated heterocycles. The van der Waals surface area contributed by atoms with E-state index in [4.69, 9.17) is 4.74 Å². The van der Waals surface area contributed by atoms with Crippen molar-refractivity contribution in [2.45, 2.75) is 167 Å². The first-order valence-electron chi connectivity index (χ1n) is 29.2. The number of nitrogens with zero attached hydrogens (tertiary/aromatic N) is 6. The number of benzene rings is 2. The Hall–Kier alpha value is -6.59. The van der Waals surface area contributed by atoms with E-state index in [1.807, 2.05) is 45.9 Å². The van der Waals surface area contributed by atoms with E-state index in [-0.39, 0.29) is 67.2 Å². The van der Waals surface area contributed by atoms with Crippen LogP contribution >= 0.6 is 11.8 Å². The first kappa shape index (κ1) is 69.9. The number of rotatable bonds is 12. The number of amides is 10. The Labute approximate surface area is 507 Å². The van der Waals surface area contributed by atoms with Gasteiger partial charge in [-0.2, -0.15) is 0 Å². The fourth-order valence-electron chi connectivity index (χ4n) is 9.89. The monoisotopic (exact) mass is 1200 g/mol. The number of aliphatic hydroxyl groups excluding tert-OH is 1. The molecule has 0 aromatic heterocycles. The van der Waals surface area contributed by atoms with Crippen LogP contribution in [-0.2, 0) is 65.5 Å². The lowest BCUT2D eigenvalue weighted by Crippen LogP contribution is -2.61. The van der Waals surface area contributed by atoms with Gasteiger partial charge in [0, 0.05) is 72.6 Å². The van der Waals surface area contributed by atoms with Crippen molar-refractivity contribution in [3.8, 4) is 0 Å². The van der Waals surface area contributed by atoms with Gasteiger partial charge >= 0.3 is 0 Å². The minimum atomic E-state index is -1.62. The highest BCUT2D eigenvalue weighted by atomic mass is 32.2. The van der Waals surface area contributed by atoms with Gasteiger partial charge in [-0.3, -0.25) is 47.9 Å². The van der Waals surface area contributed by atoms with Crippen LogP contribution in [0.4, 0.5) is 0 Å². The Morgan fingerprint density at radius 1 is 0.619 bits per heavy atom. The lowest BCUT2D eigenvalue weighted by atomic mass is 9.98. The number of aliphatic hydroxyl groups is 1. The van der Waals surface area contributed by atoms with E-state index in [9.17, 15) is 53.1 Å². The average molecular weight is 1200 g/mol. The summed E-state index contributed by atoms with van der Waals surface area (Å²) < 4.78 is 6.07. The maximum atomic E-state index is 14.9. The molecule has 0 radical (unpaired) electrons. The van der Waals surface area contributed by atoms with E-state index in [0.29, 0.717) is 18.7 Å². The number of carbonyl (C=O) groups excluding carboxylic acids is 10. The molecule has 4 rings (SSSR count). The molecular formula is C61H102N10O12S. The van der Waals surface area contributed by atoms with Crippen LogP contribution < -0.4 is 21.3 Å². The van der Waals surface area contributed by atoms with Gasteiger partial charge in [0.25, 0.3) is 0 Å². The van der Waals surface area contributed by atoms with E-state index in [2.05, 4.69) is 21.3 Å². The van der Waals surface area contributed by atoms with Gasteiger partial charge in [-0.25, -0.2) is 0 Å². The molecule has 0 spiro atoms. The van der Waals surface area contributed by atoms with Crippen molar-refractivity contribution in [3.63, 3.8) is 0 Å². The van der Waals surface area contributed by atoms with Crippen molar-refractivity contribution in [1.82, 2.24) is 50.7 Å². The molecule has 2 aromatic rings. The number of likely N-dealkylation sites (tertiary alicyclic amines) is 1. The predicted molar refractivity (Wildman–Crippen MR) is 330 cm³/mol. The van der Waals surface area contributed by atoms with Crippen molar-refractivity contribution < 1.29 is 63.5 Å². The molecule has 22 nitrogen and oxygen atoms in total. The summed E-state index contributed by atoms with van der Waals surface area (Å²) in [5.74, 6) is -7.33. The molecule has 9 atom stereocenters. The van der Waals surface area contributed by atoms with E-state index in [1.54, 1.807) is 68.1 Å². The lowest BCUT2D eigenvalue weighted by molar-refractivity contribution is -0.148. The zero-order valence-electron chi connectivity index (χ0n) is 51.8. The molecule has 5 N–H and O–H groups in total. The largest absolute Gasteiger partial charge is 0.391 e. The molecule has 0 bridgehead atoms. The number of likely N-dealkylation sites (N-methyl/N-ethyl adjacent to an activating group) is 5. The van der Waals surface area contributed by atoms with Gasteiger partial charge in [0.15, 0.2) is 0 Å². The van der Waals surface area contributed by atoms with Crippen molar-refractivity contribution in [1.29, 1.82) is 0 Å². The van der Waals surface area contributed by atoms with Gasteiger partial charge in [0.2, 0.25) is 59.1 Å². The van der Waals surface area contributed by atoms with E-state index in [0.717, 1.165) is 41.5 Å². The second kappa shape index (κ2) is 32.6. The third-order valence-electron chi connectivity index (χ3n) is 15.2. The number of ether oxygens (including phenoxy) is 1. The summed E-state index contributed by atoms with van der Waals surface area (Å²) in [6.45, 7) is 15.4. The summed E-state index contributed by atoms with van der Waals surface area (Å²) in [4.78, 5) is 153. The molecular weight excluding hydrogens is 1100 g/mol. The van der Waals surface area contributed by atoms with Gasteiger partial charge in [0.05, 0.1) is 30.6 Å². The Balaban J connectivity index is 0.0000189. The molecule has 0 unspecified atom stereocenters. The number of nitrogens with one attached hydrogen (secondary N) is 4. The Morgan fingerprint density at radius 2 is 1.13 bits per heavy atom. The number of carbonyl (C=O) groups is 10.